The van der Waals surface area contributed by atoms with E-state index in [-0.39, 0.29) is 39.3 Å². The lowest BCUT2D eigenvalue weighted by atomic mass is 10.2. The monoisotopic (exact) mass is 492 g/mol. The summed E-state index contributed by atoms with van der Waals surface area (Å²) in [6.45, 7) is 9.56. The normalized spacial score (nSPS) is 12.5. The van der Waals surface area contributed by atoms with E-state index >= 15 is 0 Å². The van der Waals surface area contributed by atoms with E-state index in [0.717, 1.165) is 0 Å². The third-order valence-corrected chi connectivity index (χ3v) is 4.14. The molecule has 198 valence electrons. The van der Waals surface area contributed by atoms with Crippen LogP contribution in [0.15, 0.2) is 0 Å². The molecule has 12 nitrogen and oxygen atoms in total. The lowest BCUT2D eigenvalue weighted by molar-refractivity contribution is -0.152. The molecule has 0 bridgehead atoms. The average Bonchev–Trinajstić information content (AvgIpc) is 2.79. The molecule has 34 heavy (non-hydrogen) atoms. The summed E-state index contributed by atoms with van der Waals surface area (Å²) in [5.74, 6) is -2.00. The van der Waals surface area contributed by atoms with Crippen LogP contribution in [0.5, 0.6) is 0 Å². The van der Waals surface area contributed by atoms with Crippen molar-refractivity contribution in [3.05, 3.63) is 0 Å². The molecule has 0 heterocycles. The minimum absolute atomic E-state index is 0.119. The fraction of sp³-hybridized carbons (Fsp3) is 0.818. The maximum absolute atomic E-state index is 12.0. The fourth-order valence-electron chi connectivity index (χ4n) is 2.67. The number of esters is 4. The fourth-order valence-corrected chi connectivity index (χ4v) is 2.67. The van der Waals surface area contributed by atoms with Crippen LogP contribution in [0.4, 0.5) is 0 Å². The van der Waals surface area contributed by atoms with E-state index in [2.05, 4.69) is 10.6 Å². The predicted molar refractivity (Wildman–Crippen MR) is 121 cm³/mol. The van der Waals surface area contributed by atoms with Crippen LogP contribution < -0.4 is 10.6 Å². The van der Waals surface area contributed by atoms with E-state index < -0.39 is 36.0 Å². The van der Waals surface area contributed by atoms with Gasteiger partial charge in [-0.25, -0.2) is 0 Å². The largest absolute Gasteiger partial charge is 0.466 e. The highest BCUT2D eigenvalue weighted by atomic mass is 16.5. The van der Waals surface area contributed by atoms with Crippen molar-refractivity contribution in [3.8, 4) is 0 Å². The molecule has 0 radical (unpaired) electrons. The molecule has 2 unspecified atom stereocenters. The lowest BCUT2D eigenvalue weighted by Gasteiger charge is -2.17. The van der Waals surface area contributed by atoms with Gasteiger partial charge in [-0.05, 0) is 27.7 Å². The summed E-state index contributed by atoms with van der Waals surface area (Å²) in [7, 11) is 0. The molecule has 0 aromatic rings. The second-order valence-corrected chi connectivity index (χ2v) is 6.76. The number of nitrogens with one attached hydrogen (secondary N) is 2. The summed E-state index contributed by atoms with van der Waals surface area (Å²) in [6.07, 6.45) is -0.239. The van der Waals surface area contributed by atoms with Crippen molar-refractivity contribution in [2.24, 2.45) is 0 Å². The second kappa shape index (κ2) is 21.3. The molecule has 2 N–H and O–H groups in total. The first-order valence-corrected chi connectivity index (χ1v) is 11.7. The van der Waals surface area contributed by atoms with Crippen LogP contribution in [0.2, 0.25) is 0 Å². The van der Waals surface area contributed by atoms with Gasteiger partial charge in [0.2, 0.25) is 0 Å². The van der Waals surface area contributed by atoms with Crippen LogP contribution in [-0.2, 0) is 47.6 Å². The van der Waals surface area contributed by atoms with Gasteiger partial charge in [-0.2, -0.15) is 0 Å². The molecule has 0 saturated heterocycles. The molecular weight excluding hydrogens is 452 g/mol. The predicted octanol–water partition coefficient (Wildman–Crippen LogP) is -0.0314. The molecule has 0 rings (SSSR count). The second-order valence-electron chi connectivity index (χ2n) is 6.76. The molecule has 0 saturated carbocycles. The van der Waals surface area contributed by atoms with E-state index in [1.807, 2.05) is 0 Å². The summed E-state index contributed by atoms with van der Waals surface area (Å²) < 4.78 is 30.6. The molecule has 2 atom stereocenters. The Kier molecular flexibility index (Phi) is 19.8. The number of ether oxygens (including phenoxy) is 6. The van der Waals surface area contributed by atoms with Crippen LogP contribution in [0, 0.1) is 0 Å². The minimum atomic E-state index is -0.799. The average molecular weight is 493 g/mol. The first-order valence-electron chi connectivity index (χ1n) is 11.7. The van der Waals surface area contributed by atoms with Crippen molar-refractivity contribution >= 4 is 23.9 Å². The van der Waals surface area contributed by atoms with Gasteiger partial charge in [0.1, 0.15) is 12.1 Å². The van der Waals surface area contributed by atoms with Gasteiger partial charge in [-0.15, -0.1) is 0 Å². The van der Waals surface area contributed by atoms with Crippen molar-refractivity contribution in [2.75, 3.05) is 65.9 Å². The molecule has 0 amide bonds. The summed E-state index contributed by atoms with van der Waals surface area (Å²) in [5, 5.41) is 5.86. The maximum atomic E-state index is 12.0. The number of carbonyl (C=O) groups is 4. The van der Waals surface area contributed by atoms with E-state index in [1.165, 1.54) is 0 Å². The standard InChI is InChI=1S/C22H40N2O10/c1-5-31-19(25)15-17(21(27)33-7-3)23-9-11-29-13-14-30-12-10-24-18(22(28)34-8-4)16-20(26)32-6-2/h17-18,23-24H,5-16H2,1-4H3. The van der Waals surface area contributed by atoms with E-state index in [1.54, 1.807) is 27.7 Å². The Morgan fingerprint density at radius 3 is 1.24 bits per heavy atom. The Bertz CT molecular complexity index is 538. The van der Waals surface area contributed by atoms with E-state index in [9.17, 15) is 19.2 Å². The SMILES string of the molecule is CCOC(=O)CC(NCCOCCOCCNC(CC(=O)OCC)C(=O)OCC)C(=O)OCC. The highest BCUT2D eigenvalue weighted by Gasteiger charge is 2.24. The van der Waals surface area contributed by atoms with Crippen LogP contribution in [0.1, 0.15) is 40.5 Å². The van der Waals surface area contributed by atoms with Crippen LogP contribution in [-0.4, -0.2) is 102 Å². The molecular formula is C22H40N2O10. The Balaban J connectivity index is 4.06. The summed E-state index contributed by atoms with van der Waals surface area (Å²) in [5.41, 5.74) is 0. The van der Waals surface area contributed by atoms with Crippen molar-refractivity contribution in [2.45, 2.75) is 52.6 Å². The van der Waals surface area contributed by atoms with Gasteiger partial charge in [-0.1, -0.05) is 0 Å². The smallest absolute Gasteiger partial charge is 0.323 e. The number of hydrogen-bond acceptors (Lipinski definition) is 12. The first-order chi connectivity index (χ1) is 16.4. The molecule has 0 aromatic carbocycles. The van der Waals surface area contributed by atoms with Crippen molar-refractivity contribution in [1.82, 2.24) is 10.6 Å². The van der Waals surface area contributed by atoms with Gasteiger partial charge >= 0.3 is 23.9 Å². The van der Waals surface area contributed by atoms with Crippen molar-refractivity contribution in [1.29, 1.82) is 0 Å². The first kappa shape index (κ1) is 31.7. The number of carbonyl (C=O) groups excluding carboxylic acids is 4. The van der Waals surface area contributed by atoms with Crippen molar-refractivity contribution in [3.63, 3.8) is 0 Å². The topological polar surface area (TPSA) is 148 Å². The van der Waals surface area contributed by atoms with E-state index in [4.69, 9.17) is 28.4 Å². The van der Waals surface area contributed by atoms with Gasteiger partial charge in [0.15, 0.2) is 0 Å². The zero-order valence-corrected chi connectivity index (χ0v) is 20.7. The lowest BCUT2D eigenvalue weighted by Crippen LogP contribution is -2.42. The Hall–Kier alpha value is -2.28. The maximum Gasteiger partial charge on any atom is 0.323 e. The zero-order chi connectivity index (χ0) is 25.6. The van der Waals surface area contributed by atoms with Crippen molar-refractivity contribution < 1.29 is 47.6 Å². The third-order valence-electron chi connectivity index (χ3n) is 4.14. The van der Waals surface area contributed by atoms with Gasteiger partial charge in [0, 0.05) is 13.1 Å². The number of hydrogen-bond donors (Lipinski definition) is 2. The quantitative estimate of drug-likeness (QED) is 0.126. The van der Waals surface area contributed by atoms with Crippen LogP contribution in [0.25, 0.3) is 0 Å². The summed E-state index contributed by atoms with van der Waals surface area (Å²) in [4.78, 5) is 47.2. The summed E-state index contributed by atoms with van der Waals surface area (Å²) in [6, 6.07) is -1.60. The molecule has 0 aromatic heterocycles. The zero-order valence-electron chi connectivity index (χ0n) is 20.7. The number of rotatable bonds is 21. The van der Waals surface area contributed by atoms with Gasteiger partial charge in [-0.3, -0.25) is 19.2 Å². The molecule has 0 fully saturated rings. The van der Waals surface area contributed by atoms with Crippen LogP contribution in [0.3, 0.4) is 0 Å². The molecule has 0 aliphatic rings. The highest BCUT2D eigenvalue weighted by Crippen LogP contribution is 2.00. The molecule has 0 spiro atoms. The Morgan fingerprint density at radius 1 is 0.559 bits per heavy atom. The minimum Gasteiger partial charge on any atom is -0.466 e. The third kappa shape index (κ3) is 16.4. The highest BCUT2D eigenvalue weighted by molar-refractivity contribution is 5.83. The Morgan fingerprint density at radius 2 is 0.912 bits per heavy atom. The van der Waals surface area contributed by atoms with Gasteiger partial charge in [0.25, 0.3) is 0 Å². The molecule has 0 aliphatic heterocycles. The molecule has 0 aliphatic carbocycles. The Labute approximate surface area is 201 Å². The summed E-state index contributed by atoms with van der Waals surface area (Å²) >= 11 is 0. The van der Waals surface area contributed by atoms with Gasteiger partial charge < -0.3 is 39.1 Å². The van der Waals surface area contributed by atoms with Crippen LogP contribution >= 0.6 is 0 Å². The van der Waals surface area contributed by atoms with Gasteiger partial charge in [0.05, 0.1) is 65.7 Å². The molecule has 12 heteroatoms. The van der Waals surface area contributed by atoms with E-state index in [0.29, 0.717) is 39.5 Å².